The van der Waals surface area contributed by atoms with E-state index in [1.165, 1.54) is 12.1 Å². The molecule has 0 bridgehead atoms. The van der Waals surface area contributed by atoms with Gasteiger partial charge in [0, 0.05) is 27.0 Å². The molecule has 8 heteroatoms. The number of rotatable bonds is 4. The number of benzene rings is 1. The van der Waals surface area contributed by atoms with E-state index < -0.39 is 10.0 Å². The lowest BCUT2D eigenvalue weighted by Crippen LogP contribution is -2.23. The number of anilines is 1. The molecule has 0 aliphatic heterocycles. The standard InChI is InChI=1S/C12H12BrClN2O2S2/c1-7-2-3-9(19-7)6-16-20(17,18)11-5-8(14)4-10(15)12(11)13/h2-5,16H,6,15H2,1H3. The molecule has 0 spiro atoms. The van der Waals surface area contributed by atoms with Crippen molar-refractivity contribution in [1.29, 1.82) is 0 Å². The number of aryl methyl sites for hydroxylation is 1. The molecule has 0 atom stereocenters. The van der Waals surface area contributed by atoms with E-state index in [0.29, 0.717) is 4.47 Å². The number of nitrogens with two attached hydrogens (primary N) is 1. The molecule has 1 aromatic carbocycles. The maximum atomic E-state index is 12.3. The van der Waals surface area contributed by atoms with E-state index in [4.69, 9.17) is 17.3 Å². The Morgan fingerprint density at radius 2 is 2.10 bits per heavy atom. The van der Waals surface area contributed by atoms with Gasteiger partial charge in [0.05, 0.1) is 9.37 Å². The van der Waals surface area contributed by atoms with E-state index in [1.54, 1.807) is 11.3 Å². The van der Waals surface area contributed by atoms with E-state index in [-0.39, 0.29) is 22.2 Å². The van der Waals surface area contributed by atoms with Gasteiger partial charge in [0.2, 0.25) is 10.0 Å². The minimum Gasteiger partial charge on any atom is -0.398 e. The van der Waals surface area contributed by atoms with Crippen LogP contribution in [-0.2, 0) is 16.6 Å². The molecule has 108 valence electrons. The molecule has 20 heavy (non-hydrogen) atoms. The van der Waals surface area contributed by atoms with Crippen molar-refractivity contribution < 1.29 is 8.42 Å². The number of hydrogen-bond donors (Lipinski definition) is 2. The third kappa shape index (κ3) is 3.53. The molecule has 0 radical (unpaired) electrons. The Morgan fingerprint density at radius 3 is 2.70 bits per heavy atom. The predicted molar refractivity (Wildman–Crippen MR) is 86.6 cm³/mol. The van der Waals surface area contributed by atoms with Gasteiger partial charge in [-0.2, -0.15) is 0 Å². The first-order chi connectivity index (χ1) is 9.29. The van der Waals surface area contributed by atoms with Crippen molar-refractivity contribution in [3.05, 3.63) is 43.5 Å². The fourth-order valence-electron chi connectivity index (χ4n) is 1.60. The quantitative estimate of drug-likeness (QED) is 0.778. The van der Waals surface area contributed by atoms with E-state index in [9.17, 15) is 8.42 Å². The first-order valence-corrected chi connectivity index (χ1v) is 9.06. The van der Waals surface area contributed by atoms with E-state index >= 15 is 0 Å². The van der Waals surface area contributed by atoms with Crippen LogP contribution in [0.25, 0.3) is 0 Å². The molecule has 2 rings (SSSR count). The van der Waals surface area contributed by atoms with E-state index in [0.717, 1.165) is 9.75 Å². The molecular weight excluding hydrogens is 384 g/mol. The van der Waals surface area contributed by atoms with Gasteiger partial charge < -0.3 is 5.73 Å². The predicted octanol–water partition coefficient (Wildman–Crippen LogP) is 3.53. The first-order valence-electron chi connectivity index (χ1n) is 5.59. The SMILES string of the molecule is Cc1ccc(CNS(=O)(=O)c2cc(Cl)cc(N)c2Br)s1. The smallest absolute Gasteiger partial charge is 0.242 e. The van der Waals surface area contributed by atoms with Crippen LogP contribution in [0.2, 0.25) is 5.02 Å². The van der Waals surface area contributed by atoms with Gasteiger partial charge in [-0.3, -0.25) is 0 Å². The molecule has 0 unspecified atom stereocenters. The molecule has 0 saturated heterocycles. The fraction of sp³-hybridized carbons (Fsp3) is 0.167. The zero-order valence-electron chi connectivity index (χ0n) is 10.5. The highest BCUT2D eigenvalue weighted by Crippen LogP contribution is 2.31. The monoisotopic (exact) mass is 394 g/mol. The Labute approximate surface area is 135 Å². The number of thiophene rings is 1. The van der Waals surface area contributed by atoms with Gasteiger partial charge in [-0.05, 0) is 47.1 Å². The topological polar surface area (TPSA) is 72.2 Å². The van der Waals surface area contributed by atoms with Crippen LogP contribution in [0.1, 0.15) is 9.75 Å². The van der Waals surface area contributed by atoms with E-state index in [2.05, 4.69) is 20.7 Å². The second-order valence-corrected chi connectivity index (χ2v) is 8.48. The van der Waals surface area contributed by atoms with Crippen molar-refractivity contribution in [2.75, 3.05) is 5.73 Å². The summed E-state index contributed by atoms with van der Waals surface area (Å²) in [6, 6.07) is 6.70. The van der Waals surface area contributed by atoms with Crippen molar-refractivity contribution >= 4 is 54.6 Å². The Balaban J connectivity index is 2.27. The highest BCUT2D eigenvalue weighted by Gasteiger charge is 2.20. The summed E-state index contributed by atoms with van der Waals surface area (Å²) in [5.41, 5.74) is 5.99. The van der Waals surface area contributed by atoms with Crippen molar-refractivity contribution in [3.8, 4) is 0 Å². The summed E-state index contributed by atoms with van der Waals surface area (Å²) in [5, 5.41) is 0.276. The van der Waals surface area contributed by atoms with Crippen molar-refractivity contribution in [3.63, 3.8) is 0 Å². The fourth-order valence-corrected chi connectivity index (χ4v) is 4.82. The van der Waals surface area contributed by atoms with Crippen LogP contribution in [0.4, 0.5) is 5.69 Å². The summed E-state index contributed by atoms with van der Waals surface area (Å²) in [4.78, 5) is 2.11. The summed E-state index contributed by atoms with van der Waals surface area (Å²) >= 11 is 10.6. The van der Waals surface area contributed by atoms with Gasteiger partial charge in [-0.1, -0.05) is 11.6 Å². The van der Waals surface area contributed by atoms with E-state index in [1.807, 2.05) is 19.1 Å². The minimum absolute atomic E-state index is 0.0378. The molecule has 0 saturated carbocycles. The summed E-state index contributed by atoms with van der Waals surface area (Å²) in [5.74, 6) is 0. The van der Waals surface area contributed by atoms with Gasteiger partial charge in [-0.25, -0.2) is 13.1 Å². The summed E-state index contributed by atoms with van der Waals surface area (Å²) in [6.45, 7) is 2.20. The van der Waals surface area contributed by atoms with Gasteiger partial charge >= 0.3 is 0 Å². The maximum Gasteiger partial charge on any atom is 0.242 e. The molecule has 1 heterocycles. The lowest BCUT2D eigenvalue weighted by molar-refractivity contribution is 0.581. The molecule has 0 amide bonds. The number of sulfonamides is 1. The van der Waals surface area contributed by atoms with Crippen molar-refractivity contribution in [1.82, 2.24) is 4.72 Å². The second kappa shape index (κ2) is 6.03. The molecule has 3 N–H and O–H groups in total. The first kappa shape index (κ1) is 15.8. The maximum absolute atomic E-state index is 12.3. The number of nitrogen functional groups attached to an aromatic ring is 1. The molecule has 1 aromatic heterocycles. The van der Waals surface area contributed by atoms with Gasteiger partial charge in [0.25, 0.3) is 0 Å². The number of halogens is 2. The van der Waals surface area contributed by atoms with Crippen LogP contribution >= 0.6 is 38.9 Å². The second-order valence-electron chi connectivity index (χ2n) is 4.14. The van der Waals surface area contributed by atoms with Crippen LogP contribution < -0.4 is 10.5 Å². The Morgan fingerprint density at radius 1 is 1.40 bits per heavy atom. The van der Waals surface area contributed by atoms with Crippen molar-refractivity contribution in [2.45, 2.75) is 18.4 Å². The van der Waals surface area contributed by atoms with Gasteiger partial charge in [-0.15, -0.1) is 11.3 Å². The minimum atomic E-state index is -3.68. The van der Waals surface area contributed by atoms with Gasteiger partial charge in [0.15, 0.2) is 0 Å². The molecule has 2 aromatic rings. The Bertz CT molecular complexity index is 744. The molecular formula is C12H12BrClN2O2S2. The zero-order chi connectivity index (χ0) is 14.9. The Kier molecular flexibility index (Phi) is 4.76. The molecule has 4 nitrogen and oxygen atoms in total. The van der Waals surface area contributed by atoms with Gasteiger partial charge in [0.1, 0.15) is 0 Å². The zero-order valence-corrected chi connectivity index (χ0v) is 14.5. The number of nitrogens with one attached hydrogen (secondary N) is 1. The summed E-state index contributed by atoms with van der Waals surface area (Å²) in [7, 11) is -3.68. The van der Waals surface area contributed by atoms with Crippen LogP contribution in [0.15, 0.2) is 33.6 Å². The molecule has 0 aliphatic carbocycles. The largest absolute Gasteiger partial charge is 0.398 e. The third-order valence-corrected chi connectivity index (χ3v) is 6.35. The highest BCUT2D eigenvalue weighted by atomic mass is 79.9. The van der Waals surface area contributed by atoms with Crippen LogP contribution in [0.3, 0.4) is 0 Å². The van der Waals surface area contributed by atoms with Crippen LogP contribution in [-0.4, -0.2) is 8.42 Å². The lowest BCUT2D eigenvalue weighted by atomic mass is 10.3. The average Bonchev–Trinajstić information content (AvgIpc) is 2.77. The molecule has 0 fully saturated rings. The normalized spacial score (nSPS) is 11.8. The summed E-state index contributed by atoms with van der Waals surface area (Å²) in [6.07, 6.45) is 0. The van der Waals surface area contributed by atoms with Crippen molar-refractivity contribution in [2.24, 2.45) is 0 Å². The average molecular weight is 396 g/mol. The van der Waals surface area contributed by atoms with Crippen LogP contribution in [0.5, 0.6) is 0 Å². The molecule has 0 aliphatic rings. The lowest BCUT2D eigenvalue weighted by Gasteiger charge is -2.10. The third-order valence-electron chi connectivity index (χ3n) is 2.55. The summed E-state index contributed by atoms with van der Waals surface area (Å²) < 4.78 is 27.4. The Hall–Kier alpha value is -0.600. The van der Waals surface area contributed by atoms with Crippen LogP contribution in [0, 0.1) is 6.92 Å². The highest BCUT2D eigenvalue weighted by molar-refractivity contribution is 9.10. The number of hydrogen-bond acceptors (Lipinski definition) is 4.